The summed E-state index contributed by atoms with van der Waals surface area (Å²) in [6.45, 7) is 7.50. The highest BCUT2D eigenvalue weighted by atomic mass is 14.9. The molecule has 0 radical (unpaired) electrons. The molecule has 0 aromatic carbocycles. The van der Waals surface area contributed by atoms with Crippen molar-refractivity contribution in [3.05, 3.63) is 29.6 Å². The van der Waals surface area contributed by atoms with Gasteiger partial charge in [0.15, 0.2) is 0 Å². The van der Waals surface area contributed by atoms with Crippen LogP contribution in [-0.2, 0) is 6.42 Å². The van der Waals surface area contributed by atoms with E-state index < -0.39 is 0 Å². The highest BCUT2D eigenvalue weighted by Crippen LogP contribution is 2.05. The number of rotatable bonds is 5. The van der Waals surface area contributed by atoms with Gasteiger partial charge >= 0.3 is 0 Å². The third-order valence-corrected chi connectivity index (χ3v) is 2.41. The topological polar surface area (TPSA) is 24.9 Å². The van der Waals surface area contributed by atoms with Gasteiger partial charge in [-0.05, 0) is 37.6 Å². The molecule has 14 heavy (non-hydrogen) atoms. The monoisotopic (exact) mass is 192 g/mol. The van der Waals surface area contributed by atoms with Crippen LogP contribution in [0.2, 0.25) is 0 Å². The summed E-state index contributed by atoms with van der Waals surface area (Å²) in [7, 11) is 0. The molecular formula is C12H20N2. The van der Waals surface area contributed by atoms with E-state index in [4.69, 9.17) is 0 Å². The van der Waals surface area contributed by atoms with E-state index in [0.29, 0.717) is 6.04 Å². The molecule has 0 bridgehead atoms. The summed E-state index contributed by atoms with van der Waals surface area (Å²) in [5.74, 6) is 0. The van der Waals surface area contributed by atoms with Gasteiger partial charge in [0.25, 0.3) is 0 Å². The Kier molecular flexibility index (Phi) is 4.60. The van der Waals surface area contributed by atoms with E-state index in [0.717, 1.165) is 19.4 Å². The Bertz CT molecular complexity index is 271. The van der Waals surface area contributed by atoms with Gasteiger partial charge < -0.3 is 5.32 Å². The predicted octanol–water partition coefficient (Wildman–Crippen LogP) is 2.32. The lowest BCUT2D eigenvalue weighted by Gasteiger charge is -2.15. The second-order valence-corrected chi connectivity index (χ2v) is 3.69. The van der Waals surface area contributed by atoms with Crippen LogP contribution in [0.3, 0.4) is 0 Å². The Hall–Kier alpha value is -0.890. The number of aromatic nitrogens is 1. The average molecular weight is 192 g/mol. The normalized spacial score (nSPS) is 12.8. The third kappa shape index (κ3) is 3.46. The molecule has 78 valence electrons. The van der Waals surface area contributed by atoms with Gasteiger partial charge in [0, 0.05) is 24.4 Å². The van der Waals surface area contributed by atoms with Crippen molar-refractivity contribution in [2.45, 2.75) is 39.7 Å². The van der Waals surface area contributed by atoms with E-state index >= 15 is 0 Å². The van der Waals surface area contributed by atoms with Gasteiger partial charge in [0.05, 0.1) is 0 Å². The largest absolute Gasteiger partial charge is 0.314 e. The number of hydrogen-bond donors (Lipinski definition) is 1. The molecule has 2 nitrogen and oxygen atoms in total. The molecule has 0 amide bonds. The smallest absolute Gasteiger partial charge is 0.0421 e. The number of pyridine rings is 1. The maximum atomic E-state index is 4.37. The number of hydrogen-bond acceptors (Lipinski definition) is 2. The molecule has 0 aliphatic carbocycles. The van der Waals surface area contributed by atoms with Gasteiger partial charge in [0.2, 0.25) is 0 Å². The molecular weight excluding hydrogens is 172 g/mol. The number of nitrogens with one attached hydrogen (secondary N) is 1. The summed E-state index contributed by atoms with van der Waals surface area (Å²) in [6, 6.07) is 4.77. The molecule has 2 heteroatoms. The Morgan fingerprint density at radius 2 is 2.21 bits per heavy atom. The average Bonchev–Trinajstić information content (AvgIpc) is 2.17. The van der Waals surface area contributed by atoms with Crippen LogP contribution < -0.4 is 5.32 Å². The zero-order chi connectivity index (χ0) is 10.4. The minimum Gasteiger partial charge on any atom is -0.314 e. The lowest BCUT2D eigenvalue weighted by atomic mass is 10.1. The van der Waals surface area contributed by atoms with E-state index in [1.165, 1.54) is 11.3 Å². The van der Waals surface area contributed by atoms with E-state index in [2.05, 4.69) is 37.1 Å². The maximum Gasteiger partial charge on any atom is 0.0421 e. The maximum absolute atomic E-state index is 4.37. The Balaban J connectivity index is 2.57. The van der Waals surface area contributed by atoms with Crippen molar-refractivity contribution >= 4 is 0 Å². The first kappa shape index (κ1) is 11.2. The van der Waals surface area contributed by atoms with Gasteiger partial charge in [-0.25, -0.2) is 0 Å². The summed E-state index contributed by atoms with van der Waals surface area (Å²) < 4.78 is 0. The SMILES string of the molecule is CCNC(CC)Cc1cc(C)ccn1. The van der Waals surface area contributed by atoms with E-state index in [-0.39, 0.29) is 0 Å². The molecule has 0 fully saturated rings. The highest BCUT2D eigenvalue weighted by molar-refractivity contribution is 5.15. The van der Waals surface area contributed by atoms with Crippen molar-refractivity contribution in [3.8, 4) is 0 Å². The fraction of sp³-hybridized carbons (Fsp3) is 0.583. The molecule has 1 rings (SSSR count). The first-order valence-corrected chi connectivity index (χ1v) is 5.41. The molecule has 0 spiro atoms. The molecule has 0 saturated carbocycles. The van der Waals surface area contributed by atoms with Crippen molar-refractivity contribution in [2.24, 2.45) is 0 Å². The van der Waals surface area contributed by atoms with Crippen molar-refractivity contribution in [2.75, 3.05) is 6.54 Å². The molecule has 1 aromatic heterocycles. The zero-order valence-corrected chi connectivity index (χ0v) is 9.38. The first-order valence-electron chi connectivity index (χ1n) is 5.41. The lowest BCUT2D eigenvalue weighted by molar-refractivity contribution is 0.505. The van der Waals surface area contributed by atoms with Gasteiger partial charge in [-0.15, -0.1) is 0 Å². The van der Waals surface area contributed by atoms with Crippen LogP contribution in [0.1, 0.15) is 31.5 Å². The highest BCUT2D eigenvalue weighted by Gasteiger charge is 2.06. The lowest BCUT2D eigenvalue weighted by Crippen LogP contribution is -2.30. The van der Waals surface area contributed by atoms with Gasteiger partial charge in [-0.3, -0.25) is 4.98 Å². The molecule has 1 heterocycles. The Morgan fingerprint density at radius 1 is 1.43 bits per heavy atom. The van der Waals surface area contributed by atoms with E-state index in [1.807, 2.05) is 12.3 Å². The van der Waals surface area contributed by atoms with Crippen LogP contribution in [-0.4, -0.2) is 17.6 Å². The van der Waals surface area contributed by atoms with E-state index in [9.17, 15) is 0 Å². The second-order valence-electron chi connectivity index (χ2n) is 3.69. The molecule has 1 atom stereocenters. The van der Waals surface area contributed by atoms with Crippen LogP contribution >= 0.6 is 0 Å². The summed E-state index contributed by atoms with van der Waals surface area (Å²) in [4.78, 5) is 4.37. The van der Waals surface area contributed by atoms with Crippen LogP contribution in [0.4, 0.5) is 0 Å². The second kappa shape index (κ2) is 5.76. The molecule has 0 aliphatic heterocycles. The minimum absolute atomic E-state index is 0.564. The van der Waals surface area contributed by atoms with E-state index in [1.54, 1.807) is 0 Å². The number of likely N-dealkylation sites (N-methyl/N-ethyl adjacent to an activating group) is 1. The number of aryl methyl sites for hydroxylation is 1. The molecule has 1 aromatic rings. The minimum atomic E-state index is 0.564. The summed E-state index contributed by atoms with van der Waals surface area (Å²) in [6.07, 6.45) is 4.08. The standard InChI is InChI=1S/C12H20N2/c1-4-11(13-5-2)9-12-8-10(3)6-7-14-12/h6-8,11,13H,4-5,9H2,1-3H3. The summed E-state index contributed by atoms with van der Waals surface area (Å²) in [5, 5.41) is 3.46. The molecule has 0 saturated heterocycles. The molecule has 1 N–H and O–H groups in total. The fourth-order valence-electron chi connectivity index (χ4n) is 1.61. The predicted molar refractivity (Wildman–Crippen MR) is 60.4 cm³/mol. The van der Waals surface area contributed by atoms with Crippen LogP contribution in [0.25, 0.3) is 0 Å². The van der Waals surface area contributed by atoms with Crippen molar-refractivity contribution in [1.82, 2.24) is 10.3 Å². The van der Waals surface area contributed by atoms with Gasteiger partial charge in [-0.2, -0.15) is 0 Å². The van der Waals surface area contributed by atoms with Crippen molar-refractivity contribution < 1.29 is 0 Å². The summed E-state index contributed by atoms with van der Waals surface area (Å²) in [5.41, 5.74) is 2.49. The quantitative estimate of drug-likeness (QED) is 0.774. The Labute approximate surface area is 86.8 Å². The van der Waals surface area contributed by atoms with Crippen molar-refractivity contribution in [3.63, 3.8) is 0 Å². The first-order chi connectivity index (χ1) is 6.76. The number of nitrogens with zero attached hydrogens (tertiary/aromatic N) is 1. The van der Waals surface area contributed by atoms with Gasteiger partial charge in [0.1, 0.15) is 0 Å². The van der Waals surface area contributed by atoms with Crippen LogP contribution in [0.5, 0.6) is 0 Å². The van der Waals surface area contributed by atoms with Gasteiger partial charge in [-0.1, -0.05) is 13.8 Å². The molecule has 1 unspecified atom stereocenters. The van der Waals surface area contributed by atoms with Crippen LogP contribution in [0.15, 0.2) is 18.3 Å². The third-order valence-electron chi connectivity index (χ3n) is 2.41. The van der Waals surface area contributed by atoms with Crippen LogP contribution in [0, 0.1) is 6.92 Å². The van der Waals surface area contributed by atoms with Crippen molar-refractivity contribution in [1.29, 1.82) is 0 Å². The Morgan fingerprint density at radius 3 is 2.79 bits per heavy atom. The summed E-state index contributed by atoms with van der Waals surface area (Å²) >= 11 is 0. The fourth-order valence-corrected chi connectivity index (χ4v) is 1.61. The zero-order valence-electron chi connectivity index (χ0n) is 9.38. The molecule has 0 aliphatic rings.